The molecule has 27 heavy (non-hydrogen) atoms. The molecule has 2 aromatic heterocycles. The molecule has 1 aromatic carbocycles. The van der Waals surface area contributed by atoms with Gasteiger partial charge < -0.3 is 15.2 Å². The zero-order valence-electron chi connectivity index (χ0n) is 16.1. The van der Waals surface area contributed by atoms with Crippen LogP contribution in [0.15, 0.2) is 40.9 Å². The van der Waals surface area contributed by atoms with Gasteiger partial charge in [-0.3, -0.25) is 4.79 Å². The van der Waals surface area contributed by atoms with Gasteiger partial charge in [0.1, 0.15) is 23.1 Å². The molecule has 0 radical (unpaired) electrons. The summed E-state index contributed by atoms with van der Waals surface area (Å²) in [7, 11) is 0. The monoisotopic (exact) mass is 365 g/mol. The van der Waals surface area contributed by atoms with Gasteiger partial charge in [-0.05, 0) is 30.9 Å². The minimum atomic E-state index is -0.374. The molecule has 0 saturated carbocycles. The van der Waals surface area contributed by atoms with Gasteiger partial charge in [-0.15, -0.1) is 0 Å². The average molecular weight is 365 g/mol. The van der Waals surface area contributed by atoms with E-state index in [1.807, 2.05) is 18.2 Å². The zero-order chi connectivity index (χ0) is 19.6. The van der Waals surface area contributed by atoms with Gasteiger partial charge in [0.2, 0.25) is 0 Å². The molecule has 0 saturated heterocycles. The van der Waals surface area contributed by atoms with E-state index in [1.165, 1.54) is 0 Å². The summed E-state index contributed by atoms with van der Waals surface area (Å²) >= 11 is 0. The van der Waals surface area contributed by atoms with Crippen molar-refractivity contribution < 1.29 is 9.32 Å². The highest BCUT2D eigenvalue weighted by atomic mass is 16.5. The number of aromatic nitrogens is 3. The van der Waals surface area contributed by atoms with Gasteiger partial charge in [0.15, 0.2) is 5.82 Å². The molecule has 0 fully saturated rings. The van der Waals surface area contributed by atoms with E-state index in [9.17, 15) is 4.79 Å². The normalized spacial score (nSPS) is 11.3. The number of hydrogen-bond acceptors (Lipinski definition) is 6. The van der Waals surface area contributed by atoms with Crippen LogP contribution in [0.5, 0.6) is 0 Å². The number of aryl methyl sites for hydroxylation is 2. The zero-order valence-corrected chi connectivity index (χ0v) is 16.1. The number of amides is 1. The number of benzene rings is 1. The Labute approximate surface area is 158 Å². The largest absolute Gasteiger partial charge is 0.360 e. The standard InChI is InChI=1S/C20H23N5O2/c1-12-10-18(25-27-12)24-19(26)16-11-17(22-13(2)21-16)23-15-9-7-6-8-14(15)20(3,4)5/h6-11H,1-5H3,(H,21,22,23)(H,24,25,26). The van der Waals surface area contributed by atoms with Gasteiger partial charge in [0.25, 0.3) is 5.91 Å². The molecule has 7 heteroatoms. The van der Waals surface area contributed by atoms with Crippen LogP contribution in [0.4, 0.5) is 17.3 Å². The first kappa shape index (κ1) is 18.6. The van der Waals surface area contributed by atoms with Crippen molar-refractivity contribution in [2.45, 2.75) is 40.0 Å². The van der Waals surface area contributed by atoms with Crippen molar-refractivity contribution in [3.05, 3.63) is 59.2 Å². The van der Waals surface area contributed by atoms with Crippen LogP contribution in [0.3, 0.4) is 0 Å². The van der Waals surface area contributed by atoms with E-state index in [0.717, 1.165) is 11.3 Å². The SMILES string of the molecule is Cc1nc(Nc2ccccc2C(C)(C)C)cc(C(=O)Nc2cc(C)on2)n1. The predicted molar refractivity (Wildman–Crippen MR) is 104 cm³/mol. The Balaban J connectivity index is 1.87. The lowest BCUT2D eigenvalue weighted by Crippen LogP contribution is -2.16. The summed E-state index contributed by atoms with van der Waals surface area (Å²) in [6.07, 6.45) is 0. The quantitative estimate of drug-likeness (QED) is 0.713. The first-order valence-corrected chi connectivity index (χ1v) is 8.69. The lowest BCUT2D eigenvalue weighted by molar-refractivity contribution is 0.102. The number of carbonyl (C=O) groups excluding carboxylic acids is 1. The van der Waals surface area contributed by atoms with E-state index in [2.05, 4.69) is 52.6 Å². The fourth-order valence-electron chi connectivity index (χ4n) is 2.74. The van der Waals surface area contributed by atoms with Crippen LogP contribution >= 0.6 is 0 Å². The number of anilines is 3. The second kappa shape index (κ2) is 7.19. The molecule has 0 aliphatic rings. The Bertz CT molecular complexity index is 972. The van der Waals surface area contributed by atoms with E-state index in [0.29, 0.717) is 23.2 Å². The molecule has 0 spiro atoms. The van der Waals surface area contributed by atoms with Crippen LogP contribution in [-0.4, -0.2) is 21.0 Å². The third-order valence-electron chi connectivity index (χ3n) is 3.94. The van der Waals surface area contributed by atoms with Crippen molar-refractivity contribution in [3.63, 3.8) is 0 Å². The van der Waals surface area contributed by atoms with Crippen LogP contribution in [0.25, 0.3) is 0 Å². The molecule has 1 amide bonds. The highest BCUT2D eigenvalue weighted by Gasteiger charge is 2.18. The molecule has 0 aliphatic carbocycles. The van der Waals surface area contributed by atoms with Gasteiger partial charge in [-0.25, -0.2) is 9.97 Å². The number of hydrogen-bond donors (Lipinski definition) is 2. The third kappa shape index (κ3) is 4.49. The second-order valence-electron chi connectivity index (χ2n) is 7.38. The molecule has 0 bridgehead atoms. The van der Waals surface area contributed by atoms with E-state index in [-0.39, 0.29) is 17.0 Å². The summed E-state index contributed by atoms with van der Waals surface area (Å²) in [4.78, 5) is 21.1. The van der Waals surface area contributed by atoms with Crippen LogP contribution in [-0.2, 0) is 5.41 Å². The fraction of sp³-hybridized carbons (Fsp3) is 0.300. The molecule has 140 valence electrons. The maximum Gasteiger partial charge on any atom is 0.275 e. The van der Waals surface area contributed by atoms with Crippen molar-refractivity contribution in [3.8, 4) is 0 Å². The molecule has 7 nitrogen and oxygen atoms in total. The molecule has 2 heterocycles. The molecule has 0 unspecified atom stereocenters. The van der Waals surface area contributed by atoms with Crippen LogP contribution < -0.4 is 10.6 Å². The maximum absolute atomic E-state index is 12.5. The van der Waals surface area contributed by atoms with Crippen molar-refractivity contribution in [1.29, 1.82) is 0 Å². The summed E-state index contributed by atoms with van der Waals surface area (Å²) in [6.45, 7) is 9.95. The van der Waals surface area contributed by atoms with Gasteiger partial charge in [0.05, 0.1) is 0 Å². The van der Waals surface area contributed by atoms with Gasteiger partial charge >= 0.3 is 0 Å². The van der Waals surface area contributed by atoms with Crippen LogP contribution in [0, 0.1) is 13.8 Å². The Morgan fingerprint density at radius 2 is 1.78 bits per heavy atom. The third-order valence-corrected chi connectivity index (χ3v) is 3.94. The summed E-state index contributed by atoms with van der Waals surface area (Å²) in [6, 6.07) is 11.3. The molecule has 0 atom stereocenters. The van der Waals surface area contributed by atoms with Crippen LogP contribution in [0.2, 0.25) is 0 Å². The number of nitrogens with one attached hydrogen (secondary N) is 2. The minimum Gasteiger partial charge on any atom is -0.360 e. The minimum absolute atomic E-state index is 0.0311. The van der Waals surface area contributed by atoms with Crippen LogP contribution in [0.1, 0.15) is 48.4 Å². The lowest BCUT2D eigenvalue weighted by atomic mass is 9.86. The Hall–Kier alpha value is -3.22. The topological polar surface area (TPSA) is 92.9 Å². The van der Waals surface area contributed by atoms with E-state index >= 15 is 0 Å². The maximum atomic E-state index is 12.5. The van der Waals surface area contributed by atoms with Crippen molar-refractivity contribution in [2.75, 3.05) is 10.6 Å². The number of para-hydroxylation sites is 1. The summed E-state index contributed by atoms with van der Waals surface area (Å²) < 4.78 is 4.96. The van der Waals surface area contributed by atoms with Crippen molar-refractivity contribution in [1.82, 2.24) is 15.1 Å². The van der Waals surface area contributed by atoms with E-state index in [4.69, 9.17) is 4.52 Å². The summed E-state index contributed by atoms with van der Waals surface area (Å²) in [5, 5.41) is 9.76. The molecule has 0 aliphatic heterocycles. The van der Waals surface area contributed by atoms with Crippen molar-refractivity contribution >= 4 is 23.2 Å². The Morgan fingerprint density at radius 3 is 2.44 bits per heavy atom. The lowest BCUT2D eigenvalue weighted by Gasteiger charge is -2.23. The predicted octanol–water partition coefficient (Wildman–Crippen LogP) is 4.37. The van der Waals surface area contributed by atoms with E-state index in [1.54, 1.807) is 26.0 Å². The Morgan fingerprint density at radius 1 is 1.04 bits per heavy atom. The van der Waals surface area contributed by atoms with E-state index < -0.39 is 0 Å². The number of rotatable bonds is 4. The summed E-state index contributed by atoms with van der Waals surface area (Å²) in [5.41, 5.74) is 2.32. The highest BCUT2D eigenvalue weighted by molar-refractivity contribution is 6.02. The van der Waals surface area contributed by atoms with Gasteiger partial charge in [-0.1, -0.05) is 44.1 Å². The Kier molecular flexibility index (Phi) is 4.94. The first-order chi connectivity index (χ1) is 12.7. The second-order valence-corrected chi connectivity index (χ2v) is 7.38. The summed E-state index contributed by atoms with van der Waals surface area (Å²) in [5.74, 6) is 1.64. The van der Waals surface area contributed by atoms with Gasteiger partial charge in [-0.2, -0.15) is 0 Å². The number of carbonyl (C=O) groups is 1. The molecular weight excluding hydrogens is 342 g/mol. The first-order valence-electron chi connectivity index (χ1n) is 8.69. The molecular formula is C20H23N5O2. The van der Waals surface area contributed by atoms with Crippen molar-refractivity contribution in [2.24, 2.45) is 0 Å². The van der Waals surface area contributed by atoms with Gasteiger partial charge in [0, 0.05) is 17.8 Å². The molecule has 2 N–H and O–H groups in total. The highest BCUT2D eigenvalue weighted by Crippen LogP contribution is 2.31. The molecule has 3 aromatic rings. The number of nitrogens with zero attached hydrogens (tertiary/aromatic N) is 3. The smallest absolute Gasteiger partial charge is 0.275 e. The fourth-order valence-corrected chi connectivity index (χ4v) is 2.74. The molecule has 3 rings (SSSR count). The average Bonchev–Trinajstić information content (AvgIpc) is 2.98.